The highest BCUT2D eigenvalue weighted by Gasteiger charge is 2.44. The number of hydrogen-bond donors (Lipinski definition) is 2. The van der Waals surface area contributed by atoms with Gasteiger partial charge in [-0.3, -0.25) is 4.99 Å². The fourth-order valence-electron chi connectivity index (χ4n) is 3.46. The summed E-state index contributed by atoms with van der Waals surface area (Å²) in [5, 5.41) is 6.84. The Morgan fingerprint density at radius 2 is 1.64 bits per heavy atom. The Labute approximate surface area is 166 Å². The minimum atomic E-state index is 0.222. The maximum absolute atomic E-state index is 5.55. The fourth-order valence-corrected chi connectivity index (χ4v) is 3.46. The van der Waals surface area contributed by atoms with Gasteiger partial charge in [0.05, 0.1) is 21.3 Å². The highest BCUT2D eigenvalue weighted by molar-refractivity contribution is 5.80. The van der Waals surface area contributed by atoms with Gasteiger partial charge in [0.2, 0.25) is 5.75 Å². The van der Waals surface area contributed by atoms with Gasteiger partial charge in [-0.2, -0.15) is 0 Å². The maximum atomic E-state index is 5.55. The van der Waals surface area contributed by atoms with E-state index >= 15 is 0 Å². The van der Waals surface area contributed by atoms with Crippen molar-refractivity contribution in [2.75, 3.05) is 34.9 Å². The van der Waals surface area contributed by atoms with Crippen LogP contribution < -0.4 is 24.8 Å². The smallest absolute Gasteiger partial charge is 0.203 e. The molecule has 0 aliphatic heterocycles. The van der Waals surface area contributed by atoms with Gasteiger partial charge in [0.15, 0.2) is 17.5 Å². The van der Waals surface area contributed by atoms with Crippen LogP contribution in [0.5, 0.6) is 17.2 Å². The summed E-state index contributed by atoms with van der Waals surface area (Å²) >= 11 is 0. The van der Waals surface area contributed by atoms with Crippen LogP contribution in [-0.4, -0.2) is 40.9 Å². The molecule has 3 rings (SSSR count). The summed E-state index contributed by atoms with van der Waals surface area (Å²) in [6.07, 6.45) is 2.40. The molecule has 1 aliphatic carbocycles. The molecule has 2 aromatic rings. The van der Waals surface area contributed by atoms with Crippen LogP contribution in [0, 0.1) is 0 Å². The van der Waals surface area contributed by atoms with Gasteiger partial charge >= 0.3 is 0 Å². The minimum Gasteiger partial charge on any atom is -0.493 e. The molecule has 2 aromatic carbocycles. The van der Waals surface area contributed by atoms with Gasteiger partial charge in [-0.1, -0.05) is 30.3 Å². The normalized spacial score (nSPS) is 14.9. The van der Waals surface area contributed by atoms with Crippen molar-refractivity contribution in [2.24, 2.45) is 4.99 Å². The van der Waals surface area contributed by atoms with Crippen LogP contribution in [0.3, 0.4) is 0 Å². The average Bonchev–Trinajstić information content (AvgIpc) is 3.54. The summed E-state index contributed by atoms with van der Waals surface area (Å²) in [5.41, 5.74) is 2.58. The molecule has 6 nitrogen and oxygen atoms in total. The second-order valence-corrected chi connectivity index (χ2v) is 6.92. The van der Waals surface area contributed by atoms with Crippen molar-refractivity contribution in [1.82, 2.24) is 10.6 Å². The molecule has 1 saturated carbocycles. The van der Waals surface area contributed by atoms with Crippen molar-refractivity contribution in [1.29, 1.82) is 0 Å². The van der Waals surface area contributed by atoms with Crippen molar-refractivity contribution in [3.63, 3.8) is 0 Å². The van der Waals surface area contributed by atoms with E-state index in [4.69, 9.17) is 14.2 Å². The Kier molecular flexibility index (Phi) is 6.29. The number of aliphatic imine (C=N–C) groups is 1. The SMILES string of the molecule is CN=C(NCc1ccc(OC)c(OC)c1OC)NCC1(c2ccccc2)CC1. The zero-order valence-corrected chi connectivity index (χ0v) is 17.0. The van der Waals surface area contributed by atoms with Crippen LogP contribution in [0.1, 0.15) is 24.0 Å². The molecule has 28 heavy (non-hydrogen) atoms. The first-order valence-electron chi connectivity index (χ1n) is 9.45. The lowest BCUT2D eigenvalue weighted by Gasteiger charge is -2.20. The predicted octanol–water partition coefficient (Wildman–Crippen LogP) is 3.11. The second-order valence-electron chi connectivity index (χ2n) is 6.92. The number of methoxy groups -OCH3 is 3. The van der Waals surface area contributed by atoms with E-state index in [1.807, 2.05) is 12.1 Å². The maximum Gasteiger partial charge on any atom is 0.203 e. The molecular weight excluding hydrogens is 354 g/mol. The van der Waals surface area contributed by atoms with Crippen LogP contribution in [-0.2, 0) is 12.0 Å². The van der Waals surface area contributed by atoms with Gasteiger partial charge in [0.1, 0.15) is 0 Å². The van der Waals surface area contributed by atoms with Crippen molar-refractivity contribution in [3.05, 3.63) is 53.6 Å². The summed E-state index contributed by atoms with van der Waals surface area (Å²) in [7, 11) is 6.63. The van der Waals surface area contributed by atoms with Crippen LogP contribution in [0.2, 0.25) is 0 Å². The third-order valence-corrected chi connectivity index (χ3v) is 5.29. The molecule has 0 heterocycles. The van der Waals surface area contributed by atoms with E-state index < -0.39 is 0 Å². The number of nitrogens with zero attached hydrogens (tertiary/aromatic N) is 1. The molecule has 0 radical (unpaired) electrons. The zero-order chi connectivity index (χ0) is 20.0. The Hall–Kier alpha value is -2.89. The highest BCUT2D eigenvalue weighted by Crippen LogP contribution is 2.47. The van der Waals surface area contributed by atoms with E-state index in [1.165, 1.54) is 18.4 Å². The van der Waals surface area contributed by atoms with Gasteiger partial charge in [0.25, 0.3) is 0 Å². The van der Waals surface area contributed by atoms with Gasteiger partial charge in [-0.25, -0.2) is 0 Å². The lowest BCUT2D eigenvalue weighted by atomic mass is 9.96. The molecule has 150 valence electrons. The quantitative estimate of drug-likeness (QED) is 0.542. The molecule has 0 unspecified atom stereocenters. The zero-order valence-electron chi connectivity index (χ0n) is 17.0. The van der Waals surface area contributed by atoms with E-state index in [1.54, 1.807) is 28.4 Å². The molecule has 0 saturated heterocycles. The lowest BCUT2D eigenvalue weighted by molar-refractivity contribution is 0.322. The summed E-state index contributed by atoms with van der Waals surface area (Å²) in [6, 6.07) is 14.5. The summed E-state index contributed by atoms with van der Waals surface area (Å²) < 4.78 is 16.4. The number of guanidine groups is 1. The Bertz CT molecular complexity index is 817. The van der Waals surface area contributed by atoms with Crippen LogP contribution >= 0.6 is 0 Å². The van der Waals surface area contributed by atoms with Gasteiger partial charge in [0, 0.05) is 31.1 Å². The van der Waals surface area contributed by atoms with E-state index in [0.29, 0.717) is 23.8 Å². The molecule has 0 bridgehead atoms. The van der Waals surface area contributed by atoms with Crippen LogP contribution in [0.4, 0.5) is 0 Å². The average molecular weight is 383 g/mol. The van der Waals surface area contributed by atoms with E-state index in [-0.39, 0.29) is 5.41 Å². The molecule has 1 aliphatic rings. The van der Waals surface area contributed by atoms with Gasteiger partial charge in [-0.05, 0) is 30.5 Å². The van der Waals surface area contributed by atoms with Gasteiger partial charge in [-0.15, -0.1) is 0 Å². The van der Waals surface area contributed by atoms with E-state index in [2.05, 4.69) is 46.0 Å². The molecule has 2 N–H and O–H groups in total. The van der Waals surface area contributed by atoms with Crippen molar-refractivity contribution < 1.29 is 14.2 Å². The number of rotatable bonds is 8. The molecule has 6 heteroatoms. The monoisotopic (exact) mass is 383 g/mol. The first kappa shape index (κ1) is 19.9. The molecule has 0 atom stereocenters. The summed E-state index contributed by atoms with van der Waals surface area (Å²) in [4.78, 5) is 4.36. The van der Waals surface area contributed by atoms with Crippen LogP contribution in [0.25, 0.3) is 0 Å². The van der Waals surface area contributed by atoms with Crippen molar-refractivity contribution >= 4 is 5.96 Å². The van der Waals surface area contributed by atoms with Crippen molar-refractivity contribution in [2.45, 2.75) is 24.8 Å². The minimum absolute atomic E-state index is 0.222. The van der Waals surface area contributed by atoms with E-state index in [0.717, 1.165) is 18.1 Å². The topological polar surface area (TPSA) is 64.1 Å². The third kappa shape index (κ3) is 4.16. The van der Waals surface area contributed by atoms with Gasteiger partial charge < -0.3 is 24.8 Å². The number of benzene rings is 2. The number of ether oxygens (including phenoxy) is 3. The third-order valence-electron chi connectivity index (χ3n) is 5.29. The number of nitrogens with one attached hydrogen (secondary N) is 2. The fraction of sp³-hybridized carbons (Fsp3) is 0.409. The highest BCUT2D eigenvalue weighted by atomic mass is 16.5. The first-order valence-corrected chi connectivity index (χ1v) is 9.45. The molecule has 1 fully saturated rings. The number of hydrogen-bond acceptors (Lipinski definition) is 4. The molecule has 0 aromatic heterocycles. The lowest BCUT2D eigenvalue weighted by Crippen LogP contribution is -2.40. The van der Waals surface area contributed by atoms with Crippen LogP contribution in [0.15, 0.2) is 47.5 Å². The second kappa shape index (κ2) is 8.87. The first-order chi connectivity index (χ1) is 13.7. The largest absolute Gasteiger partial charge is 0.493 e. The Morgan fingerprint density at radius 3 is 2.21 bits per heavy atom. The summed E-state index contributed by atoms with van der Waals surface area (Å²) in [6.45, 7) is 1.42. The molecule has 0 spiro atoms. The predicted molar refractivity (Wildman–Crippen MR) is 112 cm³/mol. The standard InChI is InChI=1S/C22H29N3O3/c1-23-21(25-15-22(12-13-22)17-8-6-5-7-9-17)24-14-16-10-11-18(26-2)20(28-4)19(16)27-3/h5-11H,12-15H2,1-4H3,(H2,23,24,25). The van der Waals surface area contributed by atoms with Crippen molar-refractivity contribution in [3.8, 4) is 17.2 Å². The Morgan fingerprint density at radius 1 is 0.929 bits per heavy atom. The summed E-state index contributed by atoms with van der Waals surface area (Å²) in [5.74, 6) is 2.66. The Balaban J connectivity index is 1.64. The van der Waals surface area contributed by atoms with E-state index in [9.17, 15) is 0 Å². The molecular formula is C22H29N3O3. The molecule has 0 amide bonds.